The minimum atomic E-state index is -0.157. The smallest absolute Gasteiger partial charge is 0.251 e. The fourth-order valence-corrected chi connectivity index (χ4v) is 2.68. The predicted molar refractivity (Wildman–Crippen MR) is 101 cm³/mol. The van der Waals surface area contributed by atoms with Gasteiger partial charge in [0, 0.05) is 18.5 Å². The van der Waals surface area contributed by atoms with Gasteiger partial charge in [0.25, 0.3) is 5.91 Å². The third-order valence-corrected chi connectivity index (χ3v) is 3.87. The van der Waals surface area contributed by atoms with Gasteiger partial charge in [0.05, 0.1) is 24.2 Å². The van der Waals surface area contributed by atoms with Crippen molar-refractivity contribution in [3.63, 3.8) is 0 Å². The van der Waals surface area contributed by atoms with E-state index in [2.05, 4.69) is 15.3 Å². The molecule has 1 aromatic heterocycles. The fourth-order valence-electron chi connectivity index (χ4n) is 2.68. The minimum Gasteiger partial charge on any atom is -0.493 e. The van der Waals surface area contributed by atoms with Crippen LogP contribution in [0.1, 0.15) is 30.0 Å². The number of rotatable bonds is 7. The standard InChI is InChI=1S/C20H23N3O3/c1-13(2)26-17-9-8-14(12-18(17)25-3)20(24)21-11-10-19-22-15-6-4-5-7-16(15)23-19/h4-9,12-13H,10-11H2,1-3H3,(H,21,24)(H,22,23). The van der Waals surface area contributed by atoms with Crippen LogP contribution in [-0.4, -0.2) is 35.6 Å². The molecule has 0 aliphatic rings. The molecule has 0 atom stereocenters. The molecule has 136 valence electrons. The Morgan fingerprint density at radius 3 is 2.73 bits per heavy atom. The van der Waals surface area contributed by atoms with Crippen molar-refractivity contribution in [1.29, 1.82) is 0 Å². The molecule has 3 aromatic rings. The van der Waals surface area contributed by atoms with Gasteiger partial charge in [-0.1, -0.05) is 12.1 Å². The van der Waals surface area contributed by atoms with Crippen molar-refractivity contribution < 1.29 is 14.3 Å². The van der Waals surface area contributed by atoms with Crippen LogP contribution in [0.3, 0.4) is 0 Å². The van der Waals surface area contributed by atoms with Gasteiger partial charge in [0.15, 0.2) is 11.5 Å². The number of methoxy groups -OCH3 is 1. The Hall–Kier alpha value is -3.02. The molecule has 0 saturated carbocycles. The molecule has 0 fully saturated rings. The molecule has 0 aliphatic carbocycles. The lowest BCUT2D eigenvalue weighted by Gasteiger charge is -2.14. The number of para-hydroxylation sites is 2. The number of carbonyl (C=O) groups is 1. The van der Waals surface area contributed by atoms with Crippen molar-refractivity contribution in [2.75, 3.05) is 13.7 Å². The number of H-pyrrole nitrogens is 1. The van der Waals surface area contributed by atoms with E-state index < -0.39 is 0 Å². The zero-order valence-electron chi connectivity index (χ0n) is 15.2. The molecule has 1 heterocycles. The third kappa shape index (κ3) is 4.14. The Morgan fingerprint density at radius 1 is 1.19 bits per heavy atom. The van der Waals surface area contributed by atoms with Crippen molar-refractivity contribution >= 4 is 16.9 Å². The van der Waals surface area contributed by atoms with Gasteiger partial charge in [-0.05, 0) is 44.2 Å². The van der Waals surface area contributed by atoms with Crippen molar-refractivity contribution in [2.24, 2.45) is 0 Å². The summed E-state index contributed by atoms with van der Waals surface area (Å²) in [6.45, 7) is 4.38. The van der Waals surface area contributed by atoms with Crippen LogP contribution in [0.25, 0.3) is 11.0 Å². The first-order valence-electron chi connectivity index (χ1n) is 8.63. The maximum atomic E-state index is 12.4. The SMILES string of the molecule is COc1cc(C(=O)NCCc2nc3ccccc3[nH]2)ccc1OC(C)C. The lowest BCUT2D eigenvalue weighted by molar-refractivity contribution is 0.0953. The zero-order chi connectivity index (χ0) is 18.5. The molecule has 0 bridgehead atoms. The average molecular weight is 353 g/mol. The molecule has 0 aliphatic heterocycles. The maximum Gasteiger partial charge on any atom is 0.251 e. The maximum absolute atomic E-state index is 12.4. The highest BCUT2D eigenvalue weighted by atomic mass is 16.5. The number of nitrogens with one attached hydrogen (secondary N) is 2. The van der Waals surface area contributed by atoms with E-state index in [1.807, 2.05) is 38.1 Å². The minimum absolute atomic E-state index is 0.0346. The van der Waals surface area contributed by atoms with Gasteiger partial charge < -0.3 is 19.8 Å². The van der Waals surface area contributed by atoms with E-state index in [0.717, 1.165) is 16.9 Å². The Kier molecular flexibility index (Phi) is 5.41. The van der Waals surface area contributed by atoms with Gasteiger partial charge in [-0.15, -0.1) is 0 Å². The summed E-state index contributed by atoms with van der Waals surface area (Å²) in [5.74, 6) is 1.87. The lowest BCUT2D eigenvalue weighted by Crippen LogP contribution is -2.26. The molecular formula is C20H23N3O3. The molecular weight excluding hydrogens is 330 g/mol. The summed E-state index contributed by atoms with van der Waals surface area (Å²) in [7, 11) is 1.56. The number of imidazole rings is 1. The third-order valence-electron chi connectivity index (χ3n) is 3.87. The summed E-state index contributed by atoms with van der Waals surface area (Å²) in [4.78, 5) is 20.1. The number of hydrogen-bond donors (Lipinski definition) is 2. The first-order valence-corrected chi connectivity index (χ1v) is 8.63. The molecule has 1 amide bonds. The number of hydrogen-bond acceptors (Lipinski definition) is 4. The van der Waals surface area contributed by atoms with Gasteiger partial charge in [-0.3, -0.25) is 4.79 Å². The molecule has 0 unspecified atom stereocenters. The van der Waals surface area contributed by atoms with Crippen molar-refractivity contribution in [2.45, 2.75) is 26.4 Å². The first kappa shape index (κ1) is 17.8. The van der Waals surface area contributed by atoms with Gasteiger partial charge in [-0.2, -0.15) is 0 Å². The number of carbonyl (C=O) groups excluding carboxylic acids is 1. The normalized spacial score (nSPS) is 10.9. The van der Waals surface area contributed by atoms with E-state index in [1.54, 1.807) is 25.3 Å². The zero-order valence-corrected chi connectivity index (χ0v) is 15.2. The van der Waals surface area contributed by atoms with E-state index in [0.29, 0.717) is 30.0 Å². The molecule has 2 aromatic carbocycles. The van der Waals surface area contributed by atoms with Gasteiger partial charge in [0.2, 0.25) is 0 Å². The summed E-state index contributed by atoms with van der Waals surface area (Å²) in [5.41, 5.74) is 2.46. The van der Waals surface area contributed by atoms with Crippen LogP contribution in [0.5, 0.6) is 11.5 Å². The summed E-state index contributed by atoms with van der Waals surface area (Å²) in [6, 6.07) is 13.0. The van der Waals surface area contributed by atoms with Crippen LogP contribution in [0.4, 0.5) is 0 Å². The number of nitrogens with zero attached hydrogens (tertiary/aromatic N) is 1. The number of aromatic amines is 1. The largest absolute Gasteiger partial charge is 0.493 e. The second-order valence-electron chi connectivity index (χ2n) is 6.24. The van der Waals surface area contributed by atoms with Crippen LogP contribution >= 0.6 is 0 Å². The molecule has 0 saturated heterocycles. The number of aromatic nitrogens is 2. The molecule has 3 rings (SSSR count). The van der Waals surface area contributed by atoms with E-state index in [9.17, 15) is 4.79 Å². The number of amides is 1. The van der Waals surface area contributed by atoms with Crippen molar-refractivity contribution in [3.8, 4) is 11.5 Å². The Morgan fingerprint density at radius 2 is 2.00 bits per heavy atom. The molecule has 2 N–H and O–H groups in total. The fraction of sp³-hybridized carbons (Fsp3) is 0.300. The number of benzene rings is 2. The predicted octanol–water partition coefficient (Wildman–Crippen LogP) is 3.33. The molecule has 6 heteroatoms. The van der Waals surface area contributed by atoms with E-state index in [1.165, 1.54) is 0 Å². The Bertz CT molecular complexity index is 869. The van der Waals surface area contributed by atoms with Crippen LogP contribution in [-0.2, 0) is 6.42 Å². The summed E-state index contributed by atoms with van der Waals surface area (Å²) >= 11 is 0. The van der Waals surface area contributed by atoms with Crippen molar-refractivity contribution in [1.82, 2.24) is 15.3 Å². The highest BCUT2D eigenvalue weighted by Crippen LogP contribution is 2.28. The quantitative estimate of drug-likeness (QED) is 0.683. The Labute approximate surface area is 152 Å². The topological polar surface area (TPSA) is 76.2 Å². The molecule has 26 heavy (non-hydrogen) atoms. The summed E-state index contributed by atoms with van der Waals surface area (Å²) in [5, 5.41) is 2.91. The van der Waals surface area contributed by atoms with Gasteiger partial charge in [0.1, 0.15) is 5.82 Å². The first-order chi connectivity index (χ1) is 12.6. The second kappa shape index (κ2) is 7.91. The second-order valence-corrected chi connectivity index (χ2v) is 6.24. The highest BCUT2D eigenvalue weighted by Gasteiger charge is 2.12. The molecule has 6 nitrogen and oxygen atoms in total. The van der Waals surface area contributed by atoms with Crippen molar-refractivity contribution in [3.05, 3.63) is 53.9 Å². The molecule has 0 radical (unpaired) electrons. The van der Waals surface area contributed by atoms with Crippen LogP contribution in [0, 0.1) is 0 Å². The van der Waals surface area contributed by atoms with Crippen LogP contribution in [0.15, 0.2) is 42.5 Å². The van der Waals surface area contributed by atoms with Gasteiger partial charge >= 0.3 is 0 Å². The van der Waals surface area contributed by atoms with Crippen LogP contribution < -0.4 is 14.8 Å². The number of fused-ring (bicyclic) bond motifs is 1. The van der Waals surface area contributed by atoms with E-state index in [4.69, 9.17) is 9.47 Å². The highest BCUT2D eigenvalue weighted by molar-refractivity contribution is 5.94. The summed E-state index contributed by atoms with van der Waals surface area (Å²) < 4.78 is 11.0. The van der Waals surface area contributed by atoms with Crippen LogP contribution in [0.2, 0.25) is 0 Å². The Balaban J connectivity index is 1.60. The lowest BCUT2D eigenvalue weighted by atomic mass is 10.2. The monoisotopic (exact) mass is 353 g/mol. The number of ether oxygens (including phenoxy) is 2. The van der Waals surface area contributed by atoms with E-state index >= 15 is 0 Å². The average Bonchev–Trinajstić information content (AvgIpc) is 3.04. The molecule has 0 spiro atoms. The van der Waals surface area contributed by atoms with E-state index in [-0.39, 0.29) is 12.0 Å². The summed E-state index contributed by atoms with van der Waals surface area (Å²) in [6.07, 6.45) is 0.666. The van der Waals surface area contributed by atoms with Gasteiger partial charge in [-0.25, -0.2) is 4.98 Å².